The molecule has 0 N–H and O–H groups in total. The van der Waals surface area contributed by atoms with Crippen molar-refractivity contribution in [3.05, 3.63) is 0 Å². The number of carbonyl (C=O) groups is 2. The van der Waals surface area contributed by atoms with Crippen LogP contribution in [0.4, 0.5) is 4.79 Å². The highest BCUT2D eigenvalue weighted by molar-refractivity contribution is 9.08. The summed E-state index contributed by atoms with van der Waals surface area (Å²) in [7, 11) is 0. The van der Waals surface area contributed by atoms with E-state index in [1.165, 1.54) is 0 Å². The molecule has 1 unspecified atom stereocenters. The molecule has 1 atom stereocenters. The van der Waals surface area contributed by atoms with Crippen LogP contribution in [0.1, 0.15) is 20.8 Å². The first-order chi connectivity index (χ1) is 5.83. The predicted molar refractivity (Wildman–Crippen MR) is 52.1 cm³/mol. The molecule has 13 heavy (non-hydrogen) atoms. The normalized spacial score (nSPS) is 29.4. The van der Waals surface area contributed by atoms with Gasteiger partial charge in [0, 0.05) is 11.8 Å². The van der Waals surface area contributed by atoms with Crippen LogP contribution in [0.25, 0.3) is 0 Å². The average Bonchev–Trinajstić information content (AvgIpc) is 2.22. The molecule has 0 bridgehead atoms. The first kappa shape index (κ1) is 10.8. The van der Waals surface area contributed by atoms with Crippen molar-refractivity contribution in [2.24, 2.45) is 5.92 Å². The van der Waals surface area contributed by atoms with Crippen LogP contribution in [-0.2, 0) is 4.79 Å². The van der Waals surface area contributed by atoms with Crippen molar-refractivity contribution in [1.29, 1.82) is 0 Å². The van der Waals surface area contributed by atoms with Crippen LogP contribution >= 0.6 is 27.9 Å². The zero-order valence-corrected chi connectivity index (χ0v) is 9.89. The second-order valence-corrected chi connectivity index (χ2v) is 4.50. The van der Waals surface area contributed by atoms with Gasteiger partial charge in [-0.25, -0.2) is 9.21 Å². The minimum Gasteiger partial charge on any atom is -0.271 e. The molecule has 0 aromatic rings. The average molecular weight is 270 g/mol. The fourth-order valence-corrected chi connectivity index (χ4v) is 2.07. The summed E-state index contributed by atoms with van der Waals surface area (Å²) in [5.41, 5.74) is -0.956. The molecule has 0 aromatic heterocycles. The lowest BCUT2D eigenvalue weighted by Crippen LogP contribution is -2.46. The summed E-state index contributed by atoms with van der Waals surface area (Å²) in [6.45, 7) is 5.32. The number of carbonyl (C=O) groups excluding carboxylic acids is 2. The van der Waals surface area contributed by atoms with Crippen molar-refractivity contribution >= 4 is 39.9 Å². The van der Waals surface area contributed by atoms with Crippen LogP contribution in [0.3, 0.4) is 0 Å². The molecule has 3 amide bonds. The van der Waals surface area contributed by atoms with E-state index in [1.54, 1.807) is 6.92 Å². The molecule has 0 radical (unpaired) electrons. The fraction of sp³-hybridized carbons (Fsp3) is 0.714. The minimum absolute atomic E-state index is 0.0380. The number of hydrogen-bond acceptors (Lipinski definition) is 2. The molecule has 74 valence electrons. The van der Waals surface area contributed by atoms with Gasteiger partial charge in [0.2, 0.25) is 0 Å². The third kappa shape index (κ3) is 1.25. The van der Waals surface area contributed by atoms with Gasteiger partial charge in [-0.15, -0.1) is 0 Å². The molecule has 1 aliphatic rings. The van der Waals surface area contributed by atoms with Gasteiger partial charge in [-0.2, -0.15) is 3.93 Å². The van der Waals surface area contributed by atoms with E-state index in [2.05, 4.69) is 16.1 Å². The van der Waals surface area contributed by atoms with Crippen LogP contribution < -0.4 is 0 Å². The van der Waals surface area contributed by atoms with Gasteiger partial charge in [0.1, 0.15) is 5.54 Å². The smallest absolute Gasteiger partial charge is 0.271 e. The lowest BCUT2D eigenvalue weighted by atomic mass is 9.89. The highest BCUT2D eigenvalue weighted by Gasteiger charge is 2.55. The fourth-order valence-electron chi connectivity index (χ4n) is 1.12. The number of amides is 3. The van der Waals surface area contributed by atoms with Gasteiger partial charge in [0.25, 0.3) is 5.91 Å². The van der Waals surface area contributed by atoms with Crippen LogP contribution in [-0.4, -0.2) is 25.8 Å². The first-order valence-corrected chi connectivity index (χ1v) is 4.88. The van der Waals surface area contributed by atoms with E-state index in [0.717, 1.165) is 8.34 Å². The van der Waals surface area contributed by atoms with Crippen molar-refractivity contribution in [2.75, 3.05) is 0 Å². The Morgan fingerprint density at radius 2 is 1.92 bits per heavy atom. The van der Waals surface area contributed by atoms with Gasteiger partial charge in [0.15, 0.2) is 0 Å². The molecule has 0 aromatic carbocycles. The summed E-state index contributed by atoms with van der Waals surface area (Å²) < 4.78 is 1.80. The van der Waals surface area contributed by atoms with Gasteiger partial charge in [-0.1, -0.05) is 13.8 Å². The highest BCUT2D eigenvalue weighted by Crippen LogP contribution is 2.37. The topological polar surface area (TPSA) is 40.6 Å². The lowest BCUT2D eigenvalue weighted by Gasteiger charge is -2.29. The number of imide groups is 1. The maximum atomic E-state index is 11.6. The summed E-state index contributed by atoms with van der Waals surface area (Å²) in [4.78, 5) is 22.9. The predicted octanol–water partition coefficient (Wildman–Crippen LogP) is 2.13. The van der Waals surface area contributed by atoms with Crippen LogP contribution in [0.5, 0.6) is 0 Å². The van der Waals surface area contributed by atoms with E-state index < -0.39 is 11.6 Å². The van der Waals surface area contributed by atoms with E-state index in [9.17, 15) is 9.59 Å². The molecule has 1 heterocycles. The summed E-state index contributed by atoms with van der Waals surface area (Å²) >= 11 is 8.61. The van der Waals surface area contributed by atoms with Crippen LogP contribution in [0.15, 0.2) is 0 Å². The molecule has 1 aliphatic heterocycles. The number of rotatable bonds is 1. The Balaban J connectivity index is 3.13. The third-order valence-electron chi connectivity index (χ3n) is 2.48. The summed E-state index contributed by atoms with van der Waals surface area (Å²) in [5.74, 6) is -0.369. The summed E-state index contributed by atoms with van der Waals surface area (Å²) in [5, 5.41) is 0. The number of nitrogens with zero attached hydrogens (tertiary/aromatic N) is 2. The standard InChI is InChI=1S/C7H10BrClN2O2/c1-4(2)7(3)5(12)10(8)6(13)11(7)9/h4H,1-3H3. The second-order valence-electron chi connectivity index (χ2n) is 3.45. The molecule has 6 heteroatoms. The monoisotopic (exact) mass is 268 g/mol. The molecule has 1 saturated heterocycles. The van der Waals surface area contributed by atoms with Gasteiger partial charge < -0.3 is 0 Å². The lowest BCUT2D eigenvalue weighted by molar-refractivity contribution is -0.129. The van der Waals surface area contributed by atoms with E-state index >= 15 is 0 Å². The Morgan fingerprint density at radius 3 is 2.08 bits per heavy atom. The van der Waals surface area contributed by atoms with Crippen LogP contribution in [0.2, 0.25) is 0 Å². The van der Waals surface area contributed by atoms with E-state index in [4.69, 9.17) is 11.8 Å². The van der Waals surface area contributed by atoms with Gasteiger partial charge >= 0.3 is 6.03 Å². The summed E-state index contributed by atoms with van der Waals surface area (Å²) in [6, 6.07) is -0.539. The Kier molecular flexibility index (Phi) is 2.60. The quantitative estimate of drug-likeness (QED) is 0.540. The molecule has 4 nitrogen and oxygen atoms in total. The molecule has 1 fully saturated rings. The number of urea groups is 1. The molecular weight excluding hydrogens is 259 g/mol. The Bertz CT molecular complexity index is 271. The van der Waals surface area contributed by atoms with Crippen molar-refractivity contribution in [3.63, 3.8) is 0 Å². The number of hydrogen-bond donors (Lipinski definition) is 0. The van der Waals surface area contributed by atoms with Crippen LogP contribution in [0, 0.1) is 5.92 Å². The van der Waals surface area contributed by atoms with Gasteiger partial charge in [0.05, 0.1) is 16.1 Å². The zero-order valence-electron chi connectivity index (χ0n) is 7.54. The molecular formula is C7H10BrClN2O2. The maximum absolute atomic E-state index is 11.6. The molecule has 0 spiro atoms. The largest absolute Gasteiger partial charge is 0.352 e. The third-order valence-corrected chi connectivity index (χ3v) is 3.60. The Hall–Kier alpha value is -0.290. The summed E-state index contributed by atoms with van der Waals surface area (Å²) in [6.07, 6.45) is 0. The Labute approximate surface area is 90.3 Å². The van der Waals surface area contributed by atoms with Gasteiger partial charge in [-0.05, 0) is 12.8 Å². The zero-order chi connectivity index (χ0) is 10.4. The van der Waals surface area contributed by atoms with Gasteiger partial charge in [-0.3, -0.25) is 4.79 Å². The van der Waals surface area contributed by atoms with Crippen molar-refractivity contribution in [1.82, 2.24) is 8.34 Å². The highest BCUT2D eigenvalue weighted by atomic mass is 79.9. The minimum atomic E-state index is -0.956. The SMILES string of the molecule is CC(C)C1(C)C(=O)N(Br)C(=O)N1Cl. The molecule has 0 saturated carbocycles. The van der Waals surface area contributed by atoms with Crippen molar-refractivity contribution in [2.45, 2.75) is 26.3 Å². The molecule has 0 aliphatic carbocycles. The van der Waals surface area contributed by atoms with Crippen molar-refractivity contribution < 1.29 is 9.59 Å². The van der Waals surface area contributed by atoms with E-state index in [1.807, 2.05) is 13.8 Å². The maximum Gasteiger partial charge on any atom is 0.352 e. The van der Waals surface area contributed by atoms with E-state index in [0.29, 0.717) is 0 Å². The van der Waals surface area contributed by atoms with Crippen molar-refractivity contribution in [3.8, 4) is 0 Å². The Morgan fingerprint density at radius 1 is 1.46 bits per heavy atom. The second kappa shape index (κ2) is 3.13. The molecule has 1 rings (SSSR count). The van der Waals surface area contributed by atoms with E-state index in [-0.39, 0.29) is 11.8 Å². The number of halogens is 2. The first-order valence-electron chi connectivity index (χ1n) is 3.83.